The van der Waals surface area contributed by atoms with E-state index in [2.05, 4.69) is 47.2 Å². The van der Waals surface area contributed by atoms with Crippen LogP contribution in [0.3, 0.4) is 0 Å². The van der Waals surface area contributed by atoms with E-state index >= 15 is 0 Å². The Morgan fingerprint density at radius 2 is 1.67 bits per heavy atom. The molecule has 4 aliphatic carbocycles. The molecule has 1 spiro atoms. The maximum Gasteiger partial charge on any atom is 0.454 e. The molecule has 0 aromatic heterocycles. The van der Waals surface area contributed by atoms with Crippen LogP contribution in [0.4, 0.5) is 0 Å². The SMILES string of the molecule is CB1O[C@@H](C)[C@]2(CC[C@H]3[C@@H]4CC[C@@H]5C[C@H](O[Si](C)(C)C)CC[C@]5(C)[C@H]4CC[C@@]32C)O1. The summed E-state index contributed by atoms with van der Waals surface area (Å²) in [6, 6.07) is 0. The first kappa shape index (κ1) is 22.0. The van der Waals surface area contributed by atoms with Gasteiger partial charge < -0.3 is 13.7 Å². The van der Waals surface area contributed by atoms with Crippen LogP contribution in [0.15, 0.2) is 0 Å². The van der Waals surface area contributed by atoms with E-state index in [0.717, 1.165) is 23.7 Å². The van der Waals surface area contributed by atoms with Gasteiger partial charge >= 0.3 is 7.12 Å². The molecule has 170 valence electrons. The van der Waals surface area contributed by atoms with Gasteiger partial charge in [0.15, 0.2) is 8.32 Å². The summed E-state index contributed by atoms with van der Waals surface area (Å²) in [7, 11) is -1.48. The Kier molecular flexibility index (Phi) is 5.19. The average molecular weight is 433 g/mol. The summed E-state index contributed by atoms with van der Waals surface area (Å²) in [6.07, 6.45) is 12.9. The fourth-order valence-corrected chi connectivity index (χ4v) is 10.8. The largest absolute Gasteiger partial charge is 0.454 e. The van der Waals surface area contributed by atoms with Crippen LogP contribution in [0.5, 0.6) is 0 Å². The van der Waals surface area contributed by atoms with Crippen LogP contribution in [0.1, 0.15) is 78.6 Å². The highest BCUT2D eigenvalue weighted by molar-refractivity contribution is 6.69. The minimum atomic E-state index is -1.44. The predicted octanol–water partition coefficient (Wildman–Crippen LogP) is 6.54. The molecule has 5 fully saturated rings. The van der Waals surface area contributed by atoms with Gasteiger partial charge in [-0.15, -0.1) is 0 Å². The van der Waals surface area contributed by atoms with Gasteiger partial charge in [0.05, 0.1) is 11.7 Å². The Morgan fingerprint density at radius 3 is 2.33 bits per heavy atom. The highest BCUT2D eigenvalue weighted by atomic mass is 28.4. The van der Waals surface area contributed by atoms with Crippen molar-refractivity contribution in [3.05, 3.63) is 0 Å². The average Bonchev–Trinajstić information content (AvgIpc) is 3.10. The first-order valence-corrected chi connectivity index (χ1v) is 16.4. The van der Waals surface area contributed by atoms with Crippen molar-refractivity contribution < 1.29 is 13.7 Å². The minimum absolute atomic E-state index is 0.0387. The summed E-state index contributed by atoms with van der Waals surface area (Å²) in [5.41, 5.74) is 0.785. The molecule has 1 heterocycles. The van der Waals surface area contributed by atoms with Gasteiger partial charge in [-0.1, -0.05) is 13.8 Å². The minimum Gasteiger partial charge on any atom is -0.415 e. The molecule has 1 saturated heterocycles. The molecule has 4 saturated carbocycles. The quantitative estimate of drug-likeness (QED) is 0.464. The number of hydrogen-bond acceptors (Lipinski definition) is 3. The normalized spacial score (nSPS) is 53.5. The van der Waals surface area contributed by atoms with Crippen molar-refractivity contribution in [1.29, 1.82) is 0 Å². The lowest BCUT2D eigenvalue weighted by atomic mass is 9.44. The second-order valence-electron chi connectivity index (χ2n) is 13.1. The maximum atomic E-state index is 6.63. The zero-order valence-corrected chi connectivity index (χ0v) is 21.6. The Balaban J connectivity index is 1.36. The van der Waals surface area contributed by atoms with Crippen LogP contribution >= 0.6 is 0 Å². The molecule has 5 rings (SSSR count). The van der Waals surface area contributed by atoms with Crippen LogP contribution in [-0.2, 0) is 13.7 Å². The summed E-state index contributed by atoms with van der Waals surface area (Å²) in [4.78, 5) is 0. The molecule has 3 nitrogen and oxygen atoms in total. The van der Waals surface area contributed by atoms with Crippen LogP contribution < -0.4 is 0 Å². The van der Waals surface area contributed by atoms with E-state index in [9.17, 15) is 0 Å². The van der Waals surface area contributed by atoms with Crippen molar-refractivity contribution in [3.63, 3.8) is 0 Å². The second-order valence-corrected chi connectivity index (χ2v) is 17.6. The molecule has 0 aromatic carbocycles. The molecule has 0 N–H and O–H groups in total. The van der Waals surface area contributed by atoms with Crippen LogP contribution in [-0.4, -0.2) is 33.2 Å². The monoisotopic (exact) mass is 432 g/mol. The third-order valence-electron chi connectivity index (χ3n) is 10.7. The lowest BCUT2D eigenvalue weighted by Crippen LogP contribution is -2.59. The highest BCUT2D eigenvalue weighted by Crippen LogP contribution is 2.70. The van der Waals surface area contributed by atoms with E-state index in [0.29, 0.717) is 16.9 Å². The van der Waals surface area contributed by atoms with Gasteiger partial charge in [-0.3, -0.25) is 0 Å². The van der Waals surface area contributed by atoms with Gasteiger partial charge in [-0.2, -0.15) is 0 Å². The van der Waals surface area contributed by atoms with E-state index in [-0.39, 0.29) is 18.8 Å². The van der Waals surface area contributed by atoms with Crippen LogP contribution in [0.2, 0.25) is 26.5 Å². The Bertz CT molecular complexity index is 682. The maximum absolute atomic E-state index is 6.63. The van der Waals surface area contributed by atoms with Gasteiger partial charge in [0.25, 0.3) is 0 Å². The Labute approximate surface area is 186 Å². The summed E-state index contributed by atoms with van der Waals surface area (Å²) in [6.45, 7) is 16.7. The summed E-state index contributed by atoms with van der Waals surface area (Å²) < 4.78 is 19.4. The topological polar surface area (TPSA) is 27.7 Å². The molecule has 5 heteroatoms. The van der Waals surface area contributed by atoms with Crippen LogP contribution in [0.25, 0.3) is 0 Å². The van der Waals surface area contributed by atoms with Gasteiger partial charge in [-0.05, 0) is 120 Å². The third kappa shape index (κ3) is 3.08. The smallest absolute Gasteiger partial charge is 0.415 e. The van der Waals surface area contributed by atoms with Crippen molar-refractivity contribution in [3.8, 4) is 0 Å². The van der Waals surface area contributed by atoms with E-state index in [1.807, 2.05) is 0 Å². The second kappa shape index (κ2) is 7.08. The molecule has 0 aromatic rings. The molecule has 30 heavy (non-hydrogen) atoms. The zero-order valence-electron chi connectivity index (χ0n) is 20.6. The van der Waals surface area contributed by atoms with Gasteiger partial charge in [-0.25, -0.2) is 0 Å². The van der Waals surface area contributed by atoms with Crippen LogP contribution in [0, 0.1) is 34.5 Å². The lowest BCUT2D eigenvalue weighted by molar-refractivity contribution is -0.154. The van der Waals surface area contributed by atoms with Gasteiger partial charge in [0.1, 0.15) is 0 Å². The Hall–Kier alpha value is 0.162. The van der Waals surface area contributed by atoms with Crippen molar-refractivity contribution >= 4 is 15.4 Å². The lowest BCUT2D eigenvalue weighted by Gasteiger charge is -2.62. The summed E-state index contributed by atoms with van der Waals surface area (Å²) >= 11 is 0. The van der Waals surface area contributed by atoms with E-state index in [1.165, 1.54) is 57.8 Å². The van der Waals surface area contributed by atoms with E-state index in [4.69, 9.17) is 13.7 Å². The van der Waals surface area contributed by atoms with Crippen molar-refractivity contribution in [2.45, 2.75) is 123 Å². The highest BCUT2D eigenvalue weighted by Gasteiger charge is 2.69. The van der Waals surface area contributed by atoms with Crippen molar-refractivity contribution in [2.75, 3.05) is 0 Å². The molecule has 0 amide bonds. The van der Waals surface area contributed by atoms with Gasteiger partial charge in [0, 0.05) is 11.5 Å². The standard InChI is InChI=1S/C25H45BO3Si/c1-17-25(29-26(4)27-17)15-12-22-20-9-8-18-16-19(28-30(5,6)7)10-13-23(18,2)21(20)11-14-24(22,25)3/h17-22H,8-16H2,1-7H3/t17-,18+,19+,20+,21-,22-,23-,24-,25-/m0/s1. The number of hydrogen-bond donors (Lipinski definition) is 0. The van der Waals surface area contributed by atoms with E-state index < -0.39 is 8.32 Å². The zero-order chi connectivity index (χ0) is 21.5. The predicted molar refractivity (Wildman–Crippen MR) is 126 cm³/mol. The fraction of sp³-hybridized carbons (Fsp3) is 1.00. The molecular weight excluding hydrogens is 387 g/mol. The van der Waals surface area contributed by atoms with Crippen molar-refractivity contribution in [2.24, 2.45) is 34.5 Å². The third-order valence-corrected chi connectivity index (χ3v) is 11.8. The fourth-order valence-electron chi connectivity index (χ4n) is 9.54. The molecule has 0 unspecified atom stereocenters. The molecule has 1 aliphatic heterocycles. The molecule has 9 atom stereocenters. The number of fused-ring (bicyclic) bond motifs is 6. The first-order chi connectivity index (χ1) is 14.0. The first-order valence-electron chi connectivity index (χ1n) is 13.0. The van der Waals surface area contributed by atoms with E-state index in [1.54, 1.807) is 0 Å². The summed E-state index contributed by atoms with van der Waals surface area (Å²) in [5.74, 6) is 3.50. The molecule has 5 aliphatic rings. The molecular formula is C25H45BO3Si. The molecule has 0 bridgehead atoms. The molecule has 0 radical (unpaired) electrons. The van der Waals surface area contributed by atoms with Gasteiger partial charge in [0.2, 0.25) is 0 Å². The summed E-state index contributed by atoms with van der Waals surface area (Å²) in [5, 5.41) is 0. The van der Waals surface area contributed by atoms with Crippen molar-refractivity contribution in [1.82, 2.24) is 0 Å². The number of rotatable bonds is 2. The Morgan fingerprint density at radius 1 is 0.933 bits per heavy atom.